The molecule has 15 heteroatoms. The van der Waals surface area contributed by atoms with Crippen molar-refractivity contribution in [2.24, 2.45) is 11.3 Å². The molecule has 2 heterocycles. The van der Waals surface area contributed by atoms with E-state index >= 15 is 0 Å². The second-order valence-electron chi connectivity index (χ2n) is 7.69. The molecule has 0 aliphatic carbocycles. The van der Waals surface area contributed by atoms with Gasteiger partial charge in [-0.15, -0.1) is 0 Å². The van der Waals surface area contributed by atoms with Crippen LogP contribution in [0, 0.1) is 11.3 Å². The summed E-state index contributed by atoms with van der Waals surface area (Å²) in [6.45, 7) is 1.37. The number of ether oxygens (including phenoxy) is 1. The van der Waals surface area contributed by atoms with E-state index in [0.29, 0.717) is 0 Å². The number of phosphoric acid groups is 1. The number of phosphoric ester groups is 1. The summed E-state index contributed by atoms with van der Waals surface area (Å²) in [5.41, 5.74) is -2.43. The molecule has 1 aromatic rings. The van der Waals surface area contributed by atoms with Crippen molar-refractivity contribution in [2.75, 3.05) is 32.2 Å². The first-order valence-corrected chi connectivity index (χ1v) is 12.1. The minimum absolute atomic E-state index is 0.0469. The summed E-state index contributed by atoms with van der Waals surface area (Å²) >= 11 is 0.837. The quantitative estimate of drug-likeness (QED) is 0.181. The smallest absolute Gasteiger partial charge is 0.396 e. The van der Waals surface area contributed by atoms with Gasteiger partial charge in [0.2, 0.25) is 0 Å². The number of hydrogen-bond acceptors (Lipinski definition) is 11. The fraction of sp³-hybridized carbons (Fsp3) is 0.706. The largest absolute Gasteiger partial charge is 0.472 e. The first kappa shape index (κ1) is 26.9. The van der Waals surface area contributed by atoms with Crippen molar-refractivity contribution in [2.45, 2.75) is 32.3 Å². The molecule has 1 saturated heterocycles. The number of H-pyrrole nitrogens is 1. The molecule has 32 heavy (non-hydrogen) atoms. The fourth-order valence-electron chi connectivity index (χ4n) is 2.79. The summed E-state index contributed by atoms with van der Waals surface area (Å²) in [6, 6.07) is 1.05. The fourth-order valence-corrected chi connectivity index (χ4v) is 4.45. The first-order valence-electron chi connectivity index (χ1n) is 9.57. The zero-order valence-electron chi connectivity index (χ0n) is 17.4. The topological polar surface area (TPSA) is 198 Å². The van der Waals surface area contributed by atoms with E-state index in [2.05, 4.69) is 0 Å². The van der Waals surface area contributed by atoms with Gasteiger partial charge in [-0.3, -0.25) is 28.2 Å². The predicted molar refractivity (Wildman–Crippen MR) is 112 cm³/mol. The lowest BCUT2D eigenvalue weighted by molar-refractivity contribution is -0.119. The van der Waals surface area contributed by atoms with E-state index < -0.39 is 62.1 Å². The van der Waals surface area contributed by atoms with Crippen LogP contribution in [0.25, 0.3) is 0 Å². The Kier molecular flexibility index (Phi) is 9.40. The molecule has 5 N–H and O–H groups in total. The Morgan fingerprint density at radius 1 is 1.34 bits per heavy atom. The molecular formula is C17H27N2O11PS. The Morgan fingerprint density at radius 2 is 2.03 bits per heavy atom. The van der Waals surface area contributed by atoms with Crippen molar-refractivity contribution in [1.29, 1.82) is 0 Å². The van der Waals surface area contributed by atoms with Crippen LogP contribution in [0.3, 0.4) is 0 Å². The number of thioether (sulfide) groups is 1. The summed E-state index contributed by atoms with van der Waals surface area (Å²) in [6.07, 6.45) is -2.58. The molecule has 2 rings (SSSR count). The molecule has 1 aliphatic rings. The van der Waals surface area contributed by atoms with E-state index in [1.165, 1.54) is 0 Å². The maximum Gasteiger partial charge on any atom is 0.472 e. The highest BCUT2D eigenvalue weighted by atomic mass is 32.2. The lowest BCUT2D eigenvalue weighted by Crippen LogP contribution is -2.36. The number of carbonyl (C=O) groups is 1. The SMILES string of the molecule is CC(C)(CO)C(=O)SCCO[P@](=O)(O)OC[C@H]1O[C@@H](n2ccc(=O)[nH]c2=O)[C@H](O)[C@@H]1CO. The Balaban J connectivity index is 1.91. The molecule has 1 aromatic heterocycles. The minimum Gasteiger partial charge on any atom is -0.396 e. The third-order valence-electron chi connectivity index (χ3n) is 4.78. The van der Waals surface area contributed by atoms with Crippen LogP contribution in [0.5, 0.6) is 0 Å². The molecule has 0 saturated carbocycles. The molecule has 0 amide bonds. The molecule has 13 nitrogen and oxygen atoms in total. The number of nitrogens with one attached hydrogen (secondary N) is 1. The Bertz CT molecular complexity index is 949. The average molecular weight is 498 g/mol. The van der Waals surface area contributed by atoms with Crippen LogP contribution in [0.1, 0.15) is 20.1 Å². The summed E-state index contributed by atoms with van der Waals surface area (Å²) in [7, 11) is -4.55. The Labute approximate surface area is 186 Å². The van der Waals surface area contributed by atoms with Crippen molar-refractivity contribution in [3.63, 3.8) is 0 Å². The van der Waals surface area contributed by atoms with Crippen LogP contribution in [0.4, 0.5) is 0 Å². The van der Waals surface area contributed by atoms with E-state index in [9.17, 15) is 34.1 Å². The van der Waals surface area contributed by atoms with E-state index in [-0.39, 0.29) is 24.1 Å². The van der Waals surface area contributed by atoms with Crippen molar-refractivity contribution < 1.29 is 43.4 Å². The van der Waals surface area contributed by atoms with Gasteiger partial charge in [0.1, 0.15) is 6.10 Å². The number of carbonyl (C=O) groups excluding carboxylic acids is 1. The van der Waals surface area contributed by atoms with Crippen molar-refractivity contribution >= 4 is 24.7 Å². The van der Waals surface area contributed by atoms with Gasteiger partial charge in [-0.1, -0.05) is 11.8 Å². The van der Waals surface area contributed by atoms with Gasteiger partial charge in [0, 0.05) is 23.9 Å². The summed E-state index contributed by atoms with van der Waals surface area (Å²) in [5, 5.41) is 28.8. The van der Waals surface area contributed by atoms with Gasteiger partial charge in [-0.05, 0) is 13.8 Å². The lowest BCUT2D eigenvalue weighted by Gasteiger charge is -2.20. The zero-order chi connectivity index (χ0) is 24.1. The monoisotopic (exact) mass is 498 g/mol. The average Bonchev–Trinajstić information content (AvgIpc) is 3.04. The van der Waals surface area contributed by atoms with Crippen LogP contribution in [0.2, 0.25) is 0 Å². The summed E-state index contributed by atoms with van der Waals surface area (Å²) in [4.78, 5) is 46.9. The van der Waals surface area contributed by atoms with Crippen LogP contribution in [-0.4, -0.2) is 79.3 Å². The Morgan fingerprint density at radius 3 is 2.62 bits per heavy atom. The van der Waals surface area contributed by atoms with Crippen LogP contribution >= 0.6 is 19.6 Å². The van der Waals surface area contributed by atoms with E-state index in [4.69, 9.17) is 18.9 Å². The highest BCUT2D eigenvalue weighted by molar-refractivity contribution is 8.13. The van der Waals surface area contributed by atoms with Crippen molar-refractivity contribution in [3.05, 3.63) is 33.1 Å². The molecule has 182 valence electrons. The molecule has 1 fully saturated rings. The number of aliphatic hydroxyl groups excluding tert-OH is 3. The molecule has 5 atom stereocenters. The van der Waals surface area contributed by atoms with Gasteiger partial charge in [-0.2, -0.15) is 0 Å². The van der Waals surface area contributed by atoms with Crippen LogP contribution in [-0.2, 0) is 23.1 Å². The molecular weight excluding hydrogens is 471 g/mol. The van der Waals surface area contributed by atoms with Crippen molar-refractivity contribution in [1.82, 2.24) is 9.55 Å². The van der Waals surface area contributed by atoms with E-state index in [1.54, 1.807) is 13.8 Å². The number of aromatic nitrogens is 2. The van der Waals surface area contributed by atoms with Gasteiger partial charge >= 0.3 is 13.5 Å². The van der Waals surface area contributed by atoms with Crippen molar-refractivity contribution in [3.8, 4) is 0 Å². The number of aromatic amines is 1. The van der Waals surface area contributed by atoms with Gasteiger partial charge in [0.15, 0.2) is 11.3 Å². The number of nitrogens with zero attached hydrogens (tertiary/aromatic N) is 1. The summed E-state index contributed by atoms with van der Waals surface area (Å²) in [5.74, 6) is -0.904. The third-order valence-corrected chi connectivity index (χ3v) is 6.95. The highest BCUT2D eigenvalue weighted by Gasteiger charge is 2.45. The predicted octanol–water partition coefficient (Wildman–Crippen LogP) is -1.18. The van der Waals surface area contributed by atoms with Gasteiger partial charge in [-0.25, -0.2) is 9.36 Å². The first-order chi connectivity index (χ1) is 14.9. The number of aliphatic hydroxyl groups is 3. The Hall–Kier alpha value is -1.35. The second-order valence-corrected chi connectivity index (χ2v) is 10.2. The van der Waals surface area contributed by atoms with Gasteiger partial charge in [0.25, 0.3) is 5.56 Å². The minimum atomic E-state index is -4.55. The molecule has 0 radical (unpaired) electrons. The number of rotatable bonds is 11. The molecule has 1 aliphatic heterocycles. The second kappa shape index (κ2) is 11.2. The third kappa shape index (κ3) is 6.83. The lowest BCUT2D eigenvalue weighted by atomic mass is 9.97. The molecule has 0 spiro atoms. The standard InChI is InChI=1S/C17H27N2O11PS/c1-17(2,9-21)15(24)32-6-5-28-31(26,27)29-8-11-10(7-20)13(23)14(30-11)19-4-3-12(22)18-16(19)25/h3-4,10-11,13-14,20-21,23H,5-9H2,1-2H3,(H,26,27)(H,18,22,25)/t10-,11-,13-,14-/m1/s1. The molecule has 0 bridgehead atoms. The highest BCUT2D eigenvalue weighted by Crippen LogP contribution is 2.45. The molecule has 0 unspecified atom stereocenters. The van der Waals surface area contributed by atoms with Crippen LogP contribution in [0.15, 0.2) is 21.9 Å². The summed E-state index contributed by atoms with van der Waals surface area (Å²) < 4.78 is 28.2. The van der Waals surface area contributed by atoms with E-state index in [0.717, 1.165) is 28.6 Å². The zero-order valence-corrected chi connectivity index (χ0v) is 19.2. The normalized spacial score (nSPS) is 25.6. The maximum absolute atomic E-state index is 12.1. The van der Waals surface area contributed by atoms with Gasteiger partial charge in [0.05, 0.1) is 37.9 Å². The number of hydrogen-bond donors (Lipinski definition) is 5. The van der Waals surface area contributed by atoms with E-state index in [1.807, 2.05) is 4.98 Å². The van der Waals surface area contributed by atoms with Crippen LogP contribution < -0.4 is 11.2 Å². The maximum atomic E-state index is 12.1. The molecule has 0 aromatic carbocycles. The van der Waals surface area contributed by atoms with Gasteiger partial charge < -0.3 is 24.9 Å².